The van der Waals surface area contributed by atoms with Crippen LogP contribution in [-0.4, -0.2) is 31.1 Å². The second-order valence-corrected chi connectivity index (χ2v) is 5.69. The maximum atomic E-state index is 12.3. The number of methoxy groups -OCH3 is 1. The Morgan fingerprint density at radius 2 is 1.73 bits per heavy atom. The number of carbonyl (C=O) groups excluding carboxylic acids is 2. The maximum Gasteiger partial charge on any atom is 0.323 e. The van der Waals surface area contributed by atoms with Gasteiger partial charge in [0.25, 0.3) is 0 Å². The van der Waals surface area contributed by atoms with Crippen molar-refractivity contribution in [2.45, 2.75) is 45.9 Å². The second-order valence-electron chi connectivity index (χ2n) is 5.69. The largest absolute Gasteiger partial charge is 0.468 e. The first-order valence-electron chi connectivity index (χ1n) is 7.48. The quantitative estimate of drug-likeness (QED) is 0.747. The summed E-state index contributed by atoms with van der Waals surface area (Å²) in [5.74, 6) is -0.454. The number of hydrogen-bond acceptors (Lipinski definition) is 5. The van der Waals surface area contributed by atoms with Gasteiger partial charge in [-0.05, 0) is 24.8 Å². The molecule has 0 bridgehead atoms. The molecule has 0 aliphatic carbocycles. The van der Waals surface area contributed by atoms with Crippen molar-refractivity contribution in [2.75, 3.05) is 7.11 Å². The molecule has 0 saturated heterocycles. The summed E-state index contributed by atoms with van der Waals surface area (Å²) >= 11 is 0. The van der Waals surface area contributed by atoms with Crippen molar-refractivity contribution in [3.8, 4) is 0 Å². The molecule has 0 fully saturated rings. The third kappa shape index (κ3) is 6.26. The summed E-state index contributed by atoms with van der Waals surface area (Å²) in [5.41, 5.74) is 0.931. The van der Waals surface area contributed by atoms with Gasteiger partial charge in [0.1, 0.15) is 18.7 Å². The summed E-state index contributed by atoms with van der Waals surface area (Å²) in [6.07, 6.45) is 0.592. The van der Waals surface area contributed by atoms with Crippen molar-refractivity contribution < 1.29 is 19.1 Å². The molecular weight excluding hydrogens is 282 g/mol. The van der Waals surface area contributed by atoms with Crippen LogP contribution >= 0.6 is 0 Å². The lowest BCUT2D eigenvalue weighted by atomic mass is 10.0. The van der Waals surface area contributed by atoms with E-state index in [4.69, 9.17) is 4.74 Å². The van der Waals surface area contributed by atoms with Gasteiger partial charge in [0.2, 0.25) is 0 Å². The van der Waals surface area contributed by atoms with Gasteiger partial charge >= 0.3 is 11.9 Å². The maximum absolute atomic E-state index is 12.3. The molecule has 0 radical (unpaired) electrons. The molecule has 0 aliphatic rings. The Hall–Kier alpha value is -1.88. The van der Waals surface area contributed by atoms with E-state index in [-0.39, 0.29) is 12.6 Å². The van der Waals surface area contributed by atoms with Gasteiger partial charge in [-0.3, -0.25) is 14.9 Å². The zero-order chi connectivity index (χ0) is 16.5. The molecule has 0 spiro atoms. The van der Waals surface area contributed by atoms with E-state index in [2.05, 4.69) is 10.1 Å². The second kappa shape index (κ2) is 9.20. The van der Waals surface area contributed by atoms with Gasteiger partial charge in [-0.25, -0.2) is 0 Å². The Morgan fingerprint density at radius 1 is 1.09 bits per heavy atom. The highest BCUT2D eigenvalue weighted by atomic mass is 16.5. The van der Waals surface area contributed by atoms with Gasteiger partial charge in [-0.2, -0.15) is 0 Å². The minimum absolute atomic E-state index is 0.225. The van der Waals surface area contributed by atoms with Gasteiger partial charge in [0.05, 0.1) is 7.11 Å². The first-order chi connectivity index (χ1) is 10.4. The van der Waals surface area contributed by atoms with Crippen LogP contribution < -0.4 is 5.32 Å². The number of benzene rings is 1. The fourth-order valence-electron chi connectivity index (χ4n) is 2.08. The Morgan fingerprint density at radius 3 is 2.27 bits per heavy atom. The fourth-order valence-corrected chi connectivity index (χ4v) is 2.08. The summed E-state index contributed by atoms with van der Waals surface area (Å²) in [6, 6.07) is 8.41. The predicted octanol–water partition coefficient (Wildman–Crippen LogP) is 2.30. The first-order valence-corrected chi connectivity index (χ1v) is 7.48. The molecule has 1 aromatic rings. The van der Waals surface area contributed by atoms with Crippen LogP contribution in [0.3, 0.4) is 0 Å². The van der Waals surface area contributed by atoms with Gasteiger partial charge in [-0.15, -0.1) is 0 Å². The molecule has 1 aromatic carbocycles. The van der Waals surface area contributed by atoms with Gasteiger partial charge in [0, 0.05) is 0 Å². The average molecular weight is 307 g/mol. The van der Waals surface area contributed by atoms with Crippen molar-refractivity contribution >= 4 is 11.9 Å². The van der Waals surface area contributed by atoms with Crippen molar-refractivity contribution in [1.82, 2.24) is 5.32 Å². The molecular formula is C17H25NO4. The third-order valence-electron chi connectivity index (χ3n) is 3.22. The molecule has 0 aliphatic heterocycles. The van der Waals surface area contributed by atoms with Crippen LogP contribution in [0.2, 0.25) is 0 Å². The van der Waals surface area contributed by atoms with Gasteiger partial charge in [-0.1, -0.05) is 44.2 Å². The van der Waals surface area contributed by atoms with Crippen LogP contribution in [0.5, 0.6) is 0 Å². The fraction of sp³-hybridized carbons (Fsp3) is 0.529. The lowest BCUT2D eigenvalue weighted by Crippen LogP contribution is -2.47. The highest BCUT2D eigenvalue weighted by Gasteiger charge is 2.26. The van der Waals surface area contributed by atoms with Gasteiger partial charge < -0.3 is 9.47 Å². The molecule has 2 atom stereocenters. The number of hydrogen-bond donors (Lipinski definition) is 1. The van der Waals surface area contributed by atoms with E-state index in [1.165, 1.54) is 7.11 Å². The summed E-state index contributed by atoms with van der Waals surface area (Å²) in [6.45, 7) is 5.93. The Kier molecular flexibility index (Phi) is 7.60. The van der Waals surface area contributed by atoms with Crippen molar-refractivity contribution in [3.05, 3.63) is 35.9 Å². The lowest BCUT2D eigenvalue weighted by molar-refractivity contribution is -0.149. The smallest absolute Gasteiger partial charge is 0.323 e. The standard InChI is InChI=1S/C17H25NO4/c1-12(2)10-15(18-13(3)16(19)21-4)17(20)22-11-14-8-6-5-7-9-14/h5-9,12-13,15,18H,10-11H2,1-4H3/t13?,15-/m0/s1. The Bertz CT molecular complexity index is 473. The van der Waals surface area contributed by atoms with E-state index in [0.717, 1.165) is 5.56 Å². The average Bonchev–Trinajstić information content (AvgIpc) is 2.51. The van der Waals surface area contributed by atoms with E-state index >= 15 is 0 Å². The van der Waals surface area contributed by atoms with Crippen LogP contribution in [0.1, 0.15) is 32.8 Å². The SMILES string of the molecule is COC(=O)C(C)N[C@@H](CC(C)C)C(=O)OCc1ccccc1. The Balaban J connectivity index is 2.61. The van der Waals surface area contributed by atoms with E-state index in [9.17, 15) is 9.59 Å². The van der Waals surface area contributed by atoms with Crippen LogP contribution in [0, 0.1) is 5.92 Å². The number of ether oxygens (including phenoxy) is 2. The van der Waals surface area contributed by atoms with E-state index in [0.29, 0.717) is 12.3 Å². The van der Waals surface area contributed by atoms with E-state index < -0.39 is 18.1 Å². The highest BCUT2D eigenvalue weighted by molar-refractivity contribution is 5.79. The molecule has 1 rings (SSSR count). The molecule has 0 saturated carbocycles. The molecule has 0 aromatic heterocycles. The molecule has 122 valence electrons. The van der Waals surface area contributed by atoms with Crippen LogP contribution in [-0.2, 0) is 25.7 Å². The third-order valence-corrected chi connectivity index (χ3v) is 3.22. The minimum atomic E-state index is -0.557. The van der Waals surface area contributed by atoms with Crippen molar-refractivity contribution in [1.29, 1.82) is 0 Å². The monoisotopic (exact) mass is 307 g/mol. The van der Waals surface area contributed by atoms with E-state index in [1.807, 2.05) is 44.2 Å². The summed E-state index contributed by atoms with van der Waals surface area (Å²) in [4.78, 5) is 23.8. The zero-order valence-corrected chi connectivity index (χ0v) is 13.7. The molecule has 0 amide bonds. The normalized spacial score (nSPS) is 13.5. The van der Waals surface area contributed by atoms with E-state index in [1.54, 1.807) is 6.92 Å². The van der Waals surface area contributed by atoms with Crippen molar-refractivity contribution in [2.24, 2.45) is 5.92 Å². The van der Waals surface area contributed by atoms with Crippen molar-refractivity contribution in [3.63, 3.8) is 0 Å². The number of rotatable bonds is 8. The molecule has 0 heterocycles. The summed E-state index contributed by atoms with van der Waals surface area (Å²) in [5, 5.41) is 2.99. The molecule has 5 nitrogen and oxygen atoms in total. The molecule has 22 heavy (non-hydrogen) atoms. The molecule has 1 unspecified atom stereocenters. The summed E-state index contributed by atoms with van der Waals surface area (Å²) < 4.78 is 10.0. The molecule has 1 N–H and O–H groups in total. The minimum Gasteiger partial charge on any atom is -0.468 e. The van der Waals surface area contributed by atoms with Gasteiger partial charge in [0.15, 0.2) is 0 Å². The zero-order valence-electron chi connectivity index (χ0n) is 13.7. The predicted molar refractivity (Wildman–Crippen MR) is 84.1 cm³/mol. The first kappa shape index (κ1) is 18.2. The number of carbonyl (C=O) groups is 2. The highest BCUT2D eigenvalue weighted by Crippen LogP contribution is 2.09. The van der Waals surface area contributed by atoms with Crippen LogP contribution in [0.25, 0.3) is 0 Å². The molecule has 5 heteroatoms. The lowest BCUT2D eigenvalue weighted by Gasteiger charge is -2.22. The topological polar surface area (TPSA) is 64.6 Å². The number of nitrogens with one attached hydrogen (secondary N) is 1. The number of esters is 2. The summed E-state index contributed by atoms with van der Waals surface area (Å²) in [7, 11) is 1.33. The van der Waals surface area contributed by atoms with Crippen LogP contribution in [0.15, 0.2) is 30.3 Å². The Labute approximate surface area is 132 Å². The van der Waals surface area contributed by atoms with Crippen LogP contribution in [0.4, 0.5) is 0 Å².